The summed E-state index contributed by atoms with van der Waals surface area (Å²) in [6.45, 7) is 6.53. The smallest absolute Gasteiger partial charge is 0.425 e. The van der Waals surface area contributed by atoms with Crippen molar-refractivity contribution in [3.8, 4) is 11.6 Å². The first kappa shape index (κ1) is 42.0. The molecular weight excluding hydrogens is 772 g/mol. The van der Waals surface area contributed by atoms with Crippen LogP contribution < -0.4 is 24.8 Å². The lowest BCUT2D eigenvalue weighted by molar-refractivity contribution is -0.197. The maximum absolute atomic E-state index is 14.7. The average molecular weight is 822 g/mol. The number of nitrogens with zero attached hydrogens (tertiary/aromatic N) is 2. The zero-order valence-corrected chi connectivity index (χ0v) is 33.2. The van der Waals surface area contributed by atoms with Crippen molar-refractivity contribution >= 4 is 44.6 Å². The van der Waals surface area contributed by atoms with E-state index >= 15 is 0 Å². The lowest BCUT2D eigenvalue weighted by Gasteiger charge is -2.33. The van der Waals surface area contributed by atoms with E-state index in [-0.39, 0.29) is 31.2 Å². The van der Waals surface area contributed by atoms with Crippen molar-refractivity contribution in [3.63, 3.8) is 0 Å². The van der Waals surface area contributed by atoms with Crippen LogP contribution in [0, 0.1) is 17.8 Å². The van der Waals surface area contributed by atoms with Gasteiger partial charge in [-0.2, -0.15) is 13.2 Å². The number of nitrogens with one attached hydrogen (secondary N) is 3. The molecule has 2 aromatic rings. The number of alkyl halides is 3. The number of pyridine rings is 1. The number of ether oxygens (including phenoxy) is 3. The predicted octanol–water partition coefficient (Wildman–Crippen LogP) is 4.91. The minimum atomic E-state index is -4.85. The standard InChI is InChI=1S/C39H50F3N5O9S/c1-5-16-54-31-20-43-34(29-13-9-8-12-28(29)31)56-26-18-30-33(48)45-38(36(50)46-57(52,53)27-14-15-27)19-25(38)11-7-6-10-22(2)17-23(3)32(35(49)47(30)21-26)44-37(51)55-24(4)39(40,41)42/h7-9,11-13,20,22-27,30,32H,5-6,10,14-19,21H2,1-4H3,(H,44,51)(H,45,48)(H,46,50)/b11-7-/t22-,23+,24+,25?,26+,30-,32-,38+/m0/s1. The van der Waals surface area contributed by atoms with Gasteiger partial charge in [0.05, 0.1) is 24.6 Å². The number of hydrogen-bond acceptors (Lipinski definition) is 10. The van der Waals surface area contributed by atoms with Crippen LogP contribution in [0.5, 0.6) is 11.6 Å². The molecule has 8 atom stereocenters. The number of rotatable bonds is 10. The number of amides is 4. The largest absolute Gasteiger partial charge is 0.491 e. The van der Waals surface area contributed by atoms with Crippen molar-refractivity contribution in [1.82, 2.24) is 25.2 Å². The normalized spacial score (nSPS) is 29.4. The Hall–Kier alpha value is -4.61. The Morgan fingerprint density at radius 2 is 1.82 bits per heavy atom. The third-order valence-corrected chi connectivity index (χ3v) is 12.9. The molecule has 4 amide bonds. The van der Waals surface area contributed by atoms with E-state index in [0.717, 1.165) is 11.8 Å². The Morgan fingerprint density at radius 3 is 2.51 bits per heavy atom. The summed E-state index contributed by atoms with van der Waals surface area (Å²) in [5.74, 6) is -2.86. The van der Waals surface area contributed by atoms with E-state index in [9.17, 15) is 40.8 Å². The number of carbonyl (C=O) groups is 4. The molecule has 14 nitrogen and oxygen atoms in total. The van der Waals surface area contributed by atoms with E-state index in [0.29, 0.717) is 56.8 Å². The summed E-state index contributed by atoms with van der Waals surface area (Å²) in [4.78, 5) is 61.5. The van der Waals surface area contributed by atoms with Crippen molar-refractivity contribution in [1.29, 1.82) is 0 Å². The maximum Gasteiger partial charge on any atom is 0.425 e. The van der Waals surface area contributed by atoms with Crippen LogP contribution in [0.25, 0.3) is 10.8 Å². The lowest BCUT2D eigenvalue weighted by Crippen LogP contribution is -2.59. The van der Waals surface area contributed by atoms with Crippen LogP contribution in [-0.4, -0.2) is 96.5 Å². The van der Waals surface area contributed by atoms with E-state index < -0.39 is 86.9 Å². The van der Waals surface area contributed by atoms with Gasteiger partial charge in [0.1, 0.15) is 29.5 Å². The molecule has 312 valence electrons. The molecule has 6 rings (SSSR count). The van der Waals surface area contributed by atoms with Gasteiger partial charge in [0.2, 0.25) is 27.7 Å². The number of aromatic nitrogens is 1. The molecule has 4 aliphatic rings. The van der Waals surface area contributed by atoms with Crippen LogP contribution >= 0.6 is 0 Å². The van der Waals surface area contributed by atoms with Gasteiger partial charge in [0.15, 0.2) is 6.10 Å². The van der Waals surface area contributed by atoms with Crippen molar-refractivity contribution in [2.75, 3.05) is 13.2 Å². The van der Waals surface area contributed by atoms with Crippen molar-refractivity contribution in [2.45, 2.75) is 120 Å². The van der Waals surface area contributed by atoms with Gasteiger partial charge in [-0.15, -0.1) is 0 Å². The maximum atomic E-state index is 14.7. The molecule has 2 aliphatic carbocycles. The first-order valence-corrected chi connectivity index (χ1v) is 21.0. The van der Waals surface area contributed by atoms with E-state index in [1.54, 1.807) is 25.1 Å². The van der Waals surface area contributed by atoms with Gasteiger partial charge >= 0.3 is 12.3 Å². The lowest BCUT2D eigenvalue weighted by atomic mass is 9.88. The third-order valence-electron chi connectivity index (χ3n) is 11.1. The Bertz CT molecular complexity index is 1990. The first-order chi connectivity index (χ1) is 26.9. The number of hydrogen-bond donors (Lipinski definition) is 3. The van der Waals surface area contributed by atoms with Gasteiger partial charge < -0.3 is 29.7 Å². The van der Waals surface area contributed by atoms with Crippen LogP contribution in [0.2, 0.25) is 0 Å². The van der Waals surface area contributed by atoms with Crippen LogP contribution in [0.4, 0.5) is 18.0 Å². The van der Waals surface area contributed by atoms with E-state index in [4.69, 9.17) is 9.47 Å². The number of sulfonamides is 1. The predicted molar refractivity (Wildman–Crippen MR) is 201 cm³/mol. The molecule has 1 saturated heterocycles. The molecule has 2 aliphatic heterocycles. The average Bonchev–Trinajstić information content (AvgIpc) is 4.08. The first-order valence-electron chi connectivity index (χ1n) is 19.5. The molecule has 0 bridgehead atoms. The number of allylic oxidation sites excluding steroid dienone is 1. The molecule has 1 aromatic heterocycles. The molecule has 1 aromatic carbocycles. The number of alkyl carbamates (subject to hydrolysis) is 1. The SMILES string of the molecule is CCCOc1cnc(O[C@@H]2C[C@H]3C(=O)N[C@]4(C(=O)NS(=O)(=O)C5CC5)CC4/C=C\CC[C@H](C)C[C@@H](C)[C@H](NC(=O)O[C@H](C)C(F)(F)F)C(=O)N3C2)c2ccccc12. The molecular formula is C39H50F3N5O9S. The van der Waals surface area contributed by atoms with Gasteiger partial charge in [0, 0.05) is 23.1 Å². The molecule has 3 fully saturated rings. The Labute approximate surface area is 329 Å². The van der Waals surface area contributed by atoms with Gasteiger partial charge in [-0.05, 0) is 69.8 Å². The van der Waals surface area contributed by atoms with E-state index in [1.807, 2.05) is 32.1 Å². The van der Waals surface area contributed by atoms with Crippen LogP contribution in [-0.2, 0) is 29.1 Å². The highest BCUT2D eigenvalue weighted by atomic mass is 32.2. The number of benzene rings is 1. The fourth-order valence-corrected chi connectivity index (χ4v) is 8.97. The second-order valence-electron chi connectivity index (χ2n) is 15.8. The fraction of sp³-hybridized carbons (Fsp3) is 0.615. The second-order valence-corrected chi connectivity index (χ2v) is 17.7. The summed E-state index contributed by atoms with van der Waals surface area (Å²) in [5, 5.41) is 5.78. The van der Waals surface area contributed by atoms with E-state index in [1.165, 1.54) is 11.1 Å². The van der Waals surface area contributed by atoms with E-state index in [2.05, 4.69) is 25.1 Å². The zero-order chi connectivity index (χ0) is 41.3. The molecule has 18 heteroatoms. The monoisotopic (exact) mass is 821 g/mol. The van der Waals surface area contributed by atoms with Crippen molar-refractivity contribution in [2.24, 2.45) is 17.8 Å². The molecule has 2 saturated carbocycles. The van der Waals surface area contributed by atoms with Crippen LogP contribution in [0.15, 0.2) is 42.6 Å². The van der Waals surface area contributed by atoms with Crippen LogP contribution in [0.1, 0.15) is 79.1 Å². The van der Waals surface area contributed by atoms with Gasteiger partial charge in [-0.3, -0.25) is 19.1 Å². The van der Waals surface area contributed by atoms with Gasteiger partial charge in [-0.25, -0.2) is 18.2 Å². The summed E-state index contributed by atoms with van der Waals surface area (Å²) < 4.78 is 84.8. The molecule has 3 heterocycles. The quantitative estimate of drug-likeness (QED) is 0.279. The third kappa shape index (κ3) is 9.58. The van der Waals surface area contributed by atoms with Crippen LogP contribution in [0.3, 0.4) is 0 Å². The number of carbonyl (C=O) groups excluding carboxylic acids is 4. The molecule has 3 N–H and O–H groups in total. The zero-order valence-electron chi connectivity index (χ0n) is 32.3. The Morgan fingerprint density at radius 1 is 1.11 bits per heavy atom. The highest BCUT2D eigenvalue weighted by molar-refractivity contribution is 7.91. The topological polar surface area (TPSA) is 182 Å². The summed E-state index contributed by atoms with van der Waals surface area (Å²) in [7, 11) is -3.97. The van der Waals surface area contributed by atoms with Crippen molar-refractivity contribution in [3.05, 3.63) is 42.6 Å². The Balaban J connectivity index is 1.34. The second kappa shape index (κ2) is 16.7. The summed E-state index contributed by atoms with van der Waals surface area (Å²) in [6, 6.07) is 4.53. The minimum Gasteiger partial charge on any atom is -0.491 e. The fourth-order valence-electron chi connectivity index (χ4n) is 7.61. The molecule has 57 heavy (non-hydrogen) atoms. The van der Waals surface area contributed by atoms with Gasteiger partial charge in [-0.1, -0.05) is 51.1 Å². The summed E-state index contributed by atoms with van der Waals surface area (Å²) in [6.07, 6.45) is -1.29. The number of fused-ring (bicyclic) bond motifs is 3. The molecule has 1 unspecified atom stereocenters. The summed E-state index contributed by atoms with van der Waals surface area (Å²) in [5.41, 5.74) is -1.62. The van der Waals surface area contributed by atoms with Gasteiger partial charge in [0.25, 0.3) is 5.91 Å². The minimum absolute atomic E-state index is 0.0261. The summed E-state index contributed by atoms with van der Waals surface area (Å²) >= 11 is 0. The highest BCUT2D eigenvalue weighted by Gasteiger charge is 2.62. The molecule has 0 spiro atoms. The number of halogens is 3. The molecule has 0 radical (unpaired) electrons. The highest BCUT2D eigenvalue weighted by Crippen LogP contribution is 2.46. The Kier molecular flexibility index (Phi) is 12.3. The van der Waals surface area contributed by atoms with Crippen molar-refractivity contribution < 1.29 is 55.0 Å².